The zero-order chi connectivity index (χ0) is 30.3. The molecule has 0 aliphatic carbocycles. The number of hydrogen-bond donors (Lipinski definition) is 3. The van der Waals surface area contributed by atoms with E-state index < -0.39 is 35.9 Å². The number of nitrogens with one attached hydrogen (secondary N) is 3. The maximum Gasteiger partial charge on any atom is 0.328 e. The summed E-state index contributed by atoms with van der Waals surface area (Å²) in [5.41, 5.74) is 1.90. The van der Waals surface area contributed by atoms with Crippen LogP contribution in [0, 0.1) is 5.92 Å². The van der Waals surface area contributed by atoms with Crippen molar-refractivity contribution in [1.29, 1.82) is 0 Å². The van der Waals surface area contributed by atoms with Gasteiger partial charge in [0.25, 0.3) is 0 Å². The van der Waals surface area contributed by atoms with Gasteiger partial charge in [0, 0.05) is 19.5 Å². The number of benzene rings is 2. The fourth-order valence-electron chi connectivity index (χ4n) is 4.86. The van der Waals surface area contributed by atoms with Crippen LogP contribution in [-0.4, -0.2) is 86.7 Å². The van der Waals surface area contributed by atoms with E-state index in [0.29, 0.717) is 45.6 Å². The molecular weight excluding hydrogens is 536 g/mol. The Labute approximate surface area is 248 Å². The summed E-state index contributed by atoms with van der Waals surface area (Å²) in [6.45, 7) is 6.48. The quantitative estimate of drug-likeness (QED) is 0.275. The number of aryl methyl sites for hydroxylation is 1. The summed E-state index contributed by atoms with van der Waals surface area (Å²) in [6, 6.07) is 16.4. The topological polar surface area (TPSA) is 126 Å². The largest absolute Gasteiger partial charge is 0.467 e. The maximum absolute atomic E-state index is 13.6. The molecule has 1 saturated heterocycles. The van der Waals surface area contributed by atoms with Gasteiger partial charge in [-0.25, -0.2) is 4.79 Å². The Hall–Kier alpha value is -3.76. The van der Waals surface area contributed by atoms with Crippen LogP contribution >= 0.6 is 0 Å². The van der Waals surface area contributed by atoms with Gasteiger partial charge in [-0.15, -0.1) is 0 Å². The molecule has 42 heavy (non-hydrogen) atoms. The lowest BCUT2D eigenvalue weighted by atomic mass is 10.00. The van der Waals surface area contributed by atoms with Crippen LogP contribution in [0.2, 0.25) is 0 Å². The lowest BCUT2D eigenvalue weighted by molar-refractivity contribution is -0.145. The minimum absolute atomic E-state index is 0.0745. The predicted octanol–water partition coefficient (Wildman–Crippen LogP) is 1.87. The van der Waals surface area contributed by atoms with Gasteiger partial charge in [-0.1, -0.05) is 74.5 Å². The van der Waals surface area contributed by atoms with Gasteiger partial charge in [-0.3, -0.25) is 19.3 Å². The average Bonchev–Trinajstić information content (AvgIpc) is 2.99. The number of esters is 1. The van der Waals surface area contributed by atoms with Crippen LogP contribution < -0.4 is 16.0 Å². The minimum atomic E-state index is -0.918. The van der Waals surface area contributed by atoms with Crippen molar-refractivity contribution in [1.82, 2.24) is 20.9 Å². The van der Waals surface area contributed by atoms with Crippen molar-refractivity contribution >= 4 is 23.7 Å². The number of carbonyl (C=O) groups excluding carboxylic acids is 4. The molecule has 2 aromatic carbocycles. The van der Waals surface area contributed by atoms with E-state index in [-0.39, 0.29) is 24.8 Å². The molecule has 1 heterocycles. The molecule has 1 fully saturated rings. The summed E-state index contributed by atoms with van der Waals surface area (Å²) >= 11 is 0. The Bertz CT molecular complexity index is 1140. The third-order valence-electron chi connectivity index (χ3n) is 7.11. The zero-order valence-corrected chi connectivity index (χ0v) is 24.8. The lowest BCUT2D eigenvalue weighted by Gasteiger charge is -2.28. The van der Waals surface area contributed by atoms with Crippen molar-refractivity contribution < 1.29 is 28.7 Å². The van der Waals surface area contributed by atoms with E-state index in [1.165, 1.54) is 7.11 Å². The molecule has 3 N–H and O–H groups in total. The highest BCUT2D eigenvalue weighted by molar-refractivity contribution is 5.93. The molecule has 0 radical (unpaired) electrons. The van der Waals surface area contributed by atoms with E-state index in [2.05, 4.69) is 16.0 Å². The fourth-order valence-corrected chi connectivity index (χ4v) is 4.86. The number of hydrogen-bond acceptors (Lipinski definition) is 7. The molecule has 228 valence electrons. The molecule has 0 saturated carbocycles. The van der Waals surface area contributed by atoms with Crippen molar-refractivity contribution in [2.75, 3.05) is 40.0 Å². The number of nitrogens with zero attached hydrogens (tertiary/aromatic N) is 1. The highest BCUT2D eigenvalue weighted by Crippen LogP contribution is 2.11. The molecule has 0 spiro atoms. The van der Waals surface area contributed by atoms with Gasteiger partial charge in [-0.05, 0) is 36.3 Å². The number of methoxy groups -OCH3 is 1. The Balaban J connectivity index is 1.72. The van der Waals surface area contributed by atoms with E-state index in [4.69, 9.17) is 9.47 Å². The van der Waals surface area contributed by atoms with E-state index in [0.717, 1.165) is 11.1 Å². The number of ether oxygens (including phenoxy) is 2. The van der Waals surface area contributed by atoms with E-state index in [1.54, 1.807) is 0 Å². The predicted molar refractivity (Wildman–Crippen MR) is 159 cm³/mol. The Morgan fingerprint density at radius 3 is 1.98 bits per heavy atom. The minimum Gasteiger partial charge on any atom is -0.467 e. The molecule has 0 aromatic heterocycles. The van der Waals surface area contributed by atoms with E-state index in [1.807, 2.05) is 79.4 Å². The van der Waals surface area contributed by atoms with Crippen LogP contribution in [0.25, 0.3) is 0 Å². The Morgan fingerprint density at radius 1 is 0.810 bits per heavy atom. The standard InChI is InChI=1S/C32H44N4O6/c1-23(2)20-27(31(39)35-28(32(40)41-3)21-25-12-8-5-9-13-25)34-30(38)26(15-14-24-10-6-4-7-11-24)33-29(37)22-36-16-18-42-19-17-36/h4-13,23,26-28H,14-22H2,1-3H3,(H,33,37)(H,34,38)(H,35,39)/t26-,27-,28-/m0/s1. The van der Waals surface area contributed by atoms with Gasteiger partial charge < -0.3 is 25.4 Å². The number of morpholine rings is 1. The van der Waals surface area contributed by atoms with Gasteiger partial charge in [0.15, 0.2) is 0 Å². The average molecular weight is 581 g/mol. The van der Waals surface area contributed by atoms with Crippen LogP contribution in [-0.2, 0) is 41.5 Å². The first-order valence-electron chi connectivity index (χ1n) is 14.6. The highest BCUT2D eigenvalue weighted by atomic mass is 16.5. The first kappa shape index (κ1) is 32.8. The van der Waals surface area contributed by atoms with Crippen LogP contribution in [0.4, 0.5) is 0 Å². The number of carbonyl (C=O) groups is 4. The summed E-state index contributed by atoms with van der Waals surface area (Å²) in [5.74, 6) is -1.68. The second-order valence-electron chi connectivity index (χ2n) is 11.0. The van der Waals surface area contributed by atoms with Crippen LogP contribution in [0.15, 0.2) is 60.7 Å². The molecule has 10 nitrogen and oxygen atoms in total. The Morgan fingerprint density at radius 2 is 1.38 bits per heavy atom. The van der Waals surface area contributed by atoms with Crippen molar-refractivity contribution in [3.05, 3.63) is 71.8 Å². The number of rotatable bonds is 15. The molecule has 2 aromatic rings. The van der Waals surface area contributed by atoms with Gasteiger partial charge in [0.2, 0.25) is 17.7 Å². The summed E-state index contributed by atoms with van der Waals surface area (Å²) in [7, 11) is 1.27. The second kappa shape index (κ2) is 17.3. The normalized spacial score (nSPS) is 15.7. The molecule has 1 aliphatic rings. The second-order valence-corrected chi connectivity index (χ2v) is 11.0. The molecule has 3 amide bonds. The van der Waals surface area contributed by atoms with Crippen molar-refractivity contribution in [2.24, 2.45) is 5.92 Å². The first-order chi connectivity index (χ1) is 20.2. The SMILES string of the molecule is COC(=O)[C@H](Cc1ccccc1)NC(=O)[C@H](CC(C)C)NC(=O)[C@H](CCc1ccccc1)NC(=O)CN1CCOCC1. The van der Waals surface area contributed by atoms with Gasteiger partial charge in [0.1, 0.15) is 18.1 Å². The summed E-state index contributed by atoms with van der Waals surface area (Å²) in [5, 5.41) is 8.55. The molecular formula is C32H44N4O6. The molecule has 0 bridgehead atoms. The van der Waals surface area contributed by atoms with Crippen LogP contribution in [0.5, 0.6) is 0 Å². The third kappa shape index (κ3) is 11.3. The lowest BCUT2D eigenvalue weighted by Crippen LogP contribution is -2.57. The summed E-state index contributed by atoms with van der Waals surface area (Å²) in [4.78, 5) is 54.6. The molecule has 10 heteroatoms. The highest BCUT2D eigenvalue weighted by Gasteiger charge is 2.31. The molecule has 3 rings (SSSR count). The van der Waals surface area contributed by atoms with Gasteiger partial charge in [0.05, 0.1) is 26.9 Å². The summed E-state index contributed by atoms with van der Waals surface area (Å²) < 4.78 is 10.3. The monoisotopic (exact) mass is 580 g/mol. The molecule has 1 aliphatic heterocycles. The van der Waals surface area contributed by atoms with Crippen molar-refractivity contribution in [2.45, 2.75) is 57.7 Å². The third-order valence-corrected chi connectivity index (χ3v) is 7.11. The van der Waals surface area contributed by atoms with E-state index >= 15 is 0 Å². The van der Waals surface area contributed by atoms with E-state index in [9.17, 15) is 19.2 Å². The van der Waals surface area contributed by atoms with Crippen molar-refractivity contribution in [3.8, 4) is 0 Å². The molecule has 3 atom stereocenters. The zero-order valence-electron chi connectivity index (χ0n) is 24.8. The first-order valence-corrected chi connectivity index (χ1v) is 14.6. The van der Waals surface area contributed by atoms with Gasteiger partial charge >= 0.3 is 5.97 Å². The Kier molecular flexibility index (Phi) is 13.5. The van der Waals surface area contributed by atoms with Crippen LogP contribution in [0.1, 0.15) is 37.8 Å². The molecule has 0 unspecified atom stereocenters. The summed E-state index contributed by atoms with van der Waals surface area (Å²) in [6.07, 6.45) is 1.53. The maximum atomic E-state index is 13.6. The van der Waals surface area contributed by atoms with Crippen molar-refractivity contribution in [3.63, 3.8) is 0 Å². The smallest absolute Gasteiger partial charge is 0.328 e. The van der Waals surface area contributed by atoms with Crippen LogP contribution in [0.3, 0.4) is 0 Å². The fraction of sp³-hybridized carbons (Fsp3) is 0.500. The number of amides is 3. The van der Waals surface area contributed by atoms with Gasteiger partial charge in [-0.2, -0.15) is 0 Å².